The van der Waals surface area contributed by atoms with Crippen LogP contribution in [-0.4, -0.2) is 14.5 Å². The average molecular weight is 318 g/mol. The zero-order valence-electron chi connectivity index (χ0n) is 13.4. The van der Waals surface area contributed by atoms with Crippen LogP contribution in [-0.2, 0) is 6.42 Å². The van der Waals surface area contributed by atoms with Crippen molar-refractivity contribution in [1.29, 1.82) is 0 Å². The Labute approximate surface area is 132 Å². The summed E-state index contributed by atoms with van der Waals surface area (Å²) < 4.78 is 6.15. The van der Waals surface area contributed by atoms with Crippen LogP contribution in [0.5, 0.6) is 5.75 Å². The van der Waals surface area contributed by atoms with E-state index in [1.807, 2.05) is 12.3 Å². The Kier molecular flexibility index (Phi) is 5.01. The summed E-state index contributed by atoms with van der Waals surface area (Å²) in [6.45, 7) is 10.8. The van der Waals surface area contributed by atoms with E-state index in [1.54, 1.807) is 11.3 Å². The minimum atomic E-state index is -1.63. The van der Waals surface area contributed by atoms with Crippen molar-refractivity contribution in [3.8, 4) is 5.75 Å². The van der Waals surface area contributed by atoms with Crippen molar-refractivity contribution in [1.82, 2.24) is 0 Å². The van der Waals surface area contributed by atoms with Crippen molar-refractivity contribution in [2.24, 2.45) is 4.99 Å². The van der Waals surface area contributed by atoms with Gasteiger partial charge in [-0.05, 0) is 68.2 Å². The third kappa shape index (κ3) is 4.83. The maximum absolute atomic E-state index is 6.15. The van der Waals surface area contributed by atoms with Gasteiger partial charge in [-0.1, -0.05) is 6.07 Å². The van der Waals surface area contributed by atoms with Crippen LogP contribution in [0.2, 0.25) is 19.6 Å². The molecule has 1 heterocycles. The van der Waals surface area contributed by atoms with E-state index in [9.17, 15) is 0 Å². The van der Waals surface area contributed by atoms with Crippen LogP contribution in [0.4, 0.5) is 5.69 Å². The first-order valence-electron chi connectivity index (χ1n) is 7.20. The Hall–Kier alpha value is -1.39. The van der Waals surface area contributed by atoms with Gasteiger partial charge in [0.1, 0.15) is 11.4 Å². The van der Waals surface area contributed by atoms with Gasteiger partial charge < -0.3 is 4.43 Å². The molecule has 0 saturated carbocycles. The second-order valence-corrected chi connectivity index (χ2v) is 11.7. The summed E-state index contributed by atoms with van der Waals surface area (Å²) in [5, 5.41) is 2.13. The summed E-state index contributed by atoms with van der Waals surface area (Å²) >= 11 is 1.79. The van der Waals surface area contributed by atoms with E-state index in [4.69, 9.17) is 4.43 Å². The van der Waals surface area contributed by atoms with E-state index in [0.29, 0.717) is 0 Å². The van der Waals surface area contributed by atoms with E-state index >= 15 is 0 Å². The van der Waals surface area contributed by atoms with Crippen LogP contribution in [0.1, 0.15) is 16.0 Å². The van der Waals surface area contributed by atoms with E-state index < -0.39 is 8.32 Å². The van der Waals surface area contributed by atoms with E-state index in [1.165, 1.54) is 16.0 Å². The number of thiophene rings is 1. The van der Waals surface area contributed by atoms with Crippen LogP contribution in [0.25, 0.3) is 0 Å². The molecular formula is C17H23NOSSi. The standard InChI is InChI=1S/C17H23NOSSi/c1-13-6-7-15(16(12-13)19-21(3,4)5)18-10-8-17-14(2)9-11-20-17/h6-7,9-12H,8H2,1-5H3. The summed E-state index contributed by atoms with van der Waals surface area (Å²) in [7, 11) is -1.63. The highest BCUT2D eigenvalue weighted by atomic mass is 32.1. The molecule has 1 aromatic carbocycles. The highest BCUT2D eigenvalue weighted by molar-refractivity contribution is 7.10. The van der Waals surface area contributed by atoms with Crippen LogP contribution in [0.3, 0.4) is 0 Å². The SMILES string of the molecule is Cc1ccc(N=CCc2sccc2C)c(O[Si](C)(C)C)c1. The molecule has 0 aliphatic rings. The highest BCUT2D eigenvalue weighted by Crippen LogP contribution is 2.30. The second kappa shape index (κ2) is 6.58. The van der Waals surface area contributed by atoms with Crippen molar-refractivity contribution in [3.63, 3.8) is 0 Å². The summed E-state index contributed by atoms with van der Waals surface area (Å²) in [5.74, 6) is 0.910. The number of aryl methyl sites for hydroxylation is 2. The minimum absolute atomic E-state index is 0.879. The summed E-state index contributed by atoms with van der Waals surface area (Å²) in [6.07, 6.45) is 2.87. The first kappa shape index (κ1) is 16.0. The van der Waals surface area contributed by atoms with Crippen molar-refractivity contribution in [2.75, 3.05) is 0 Å². The van der Waals surface area contributed by atoms with Gasteiger partial charge in [0.15, 0.2) is 0 Å². The molecule has 1 aromatic heterocycles. The lowest BCUT2D eigenvalue weighted by Crippen LogP contribution is -2.29. The summed E-state index contributed by atoms with van der Waals surface area (Å²) in [4.78, 5) is 6.00. The Balaban J connectivity index is 2.17. The summed E-state index contributed by atoms with van der Waals surface area (Å²) in [6, 6.07) is 8.36. The van der Waals surface area contributed by atoms with E-state index in [-0.39, 0.29) is 0 Å². The van der Waals surface area contributed by atoms with Gasteiger partial charge in [0, 0.05) is 17.5 Å². The van der Waals surface area contributed by atoms with Crippen LogP contribution in [0, 0.1) is 13.8 Å². The molecule has 0 aliphatic heterocycles. The van der Waals surface area contributed by atoms with Gasteiger partial charge in [0.05, 0.1) is 0 Å². The third-order valence-corrected chi connectivity index (χ3v) is 4.88. The molecule has 0 amide bonds. The van der Waals surface area contributed by atoms with Gasteiger partial charge in [0.25, 0.3) is 0 Å². The molecule has 0 radical (unpaired) electrons. The smallest absolute Gasteiger partial charge is 0.242 e. The molecule has 0 fully saturated rings. The molecule has 0 atom stereocenters. The van der Waals surface area contributed by atoms with Crippen LogP contribution >= 0.6 is 11.3 Å². The molecule has 0 aliphatic carbocycles. The van der Waals surface area contributed by atoms with Crippen molar-refractivity contribution >= 4 is 31.6 Å². The summed E-state index contributed by atoms with van der Waals surface area (Å²) in [5.41, 5.74) is 3.47. The molecule has 0 spiro atoms. The molecule has 0 unspecified atom stereocenters. The van der Waals surface area contributed by atoms with Crippen molar-refractivity contribution < 1.29 is 4.43 Å². The van der Waals surface area contributed by atoms with Crippen molar-refractivity contribution in [2.45, 2.75) is 39.9 Å². The molecule has 2 rings (SSSR count). The first-order valence-corrected chi connectivity index (χ1v) is 11.5. The molecule has 2 aromatic rings. The zero-order valence-corrected chi connectivity index (χ0v) is 15.3. The fourth-order valence-corrected chi connectivity index (χ4v) is 3.66. The number of benzene rings is 1. The lowest BCUT2D eigenvalue weighted by atomic mass is 10.2. The Morgan fingerprint density at radius 1 is 1.19 bits per heavy atom. The maximum atomic E-state index is 6.15. The lowest BCUT2D eigenvalue weighted by molar-refractivity contribution is 0.558. The van der Waals surface area contributed by atoms with Gasteiger partial charge in [0.2, 0.25) is 8.32 Å². The predicted octanol–water partition coefficient (Wildman–Crippen LogP) is 5.52. The molecule has 0 bridgehead atoms. The van der Waals surface area contributed by atoms with Gasteiger partial charge in [-0.3, -0.25) is 4.99 Å². The Bertz CT molecular complexity index is 640. The molecule has 4 heteroatoms. The van der Waals surface area contributed by atoms with Gasteiger partial charge >= 0.3 is 0 Å². The molecule has 21 heavy (non-hydrogen) atoms. The van der Waals surface area contributed by atoms with E-state index in [2.05, 4.69) is 62.1 Å². The monoisotopic (exact) mass is 317 g/mol. The highest BCUT2D eigenvalue weighted by Gasteiger charge is 2.18. The molecule has 2 nitrogen and oxygen atoms in total. The number of nitrogens with zero attached hydrogens (tertiary/aromatic N) is 1. The number of rotatable bonds is 5. The molecule has 112 valence electrons. The normalized spacial score (nSPS) is 12.0. The van der Waals surface area contributed by atoms with Crippen LogP contribution < -0.4 is 4.43 Å². The third-order valence-electron chi connectivity index (χ3n) is 3.01. The largest absolute Gasteiger partial charge is 0.543 e. The number of hydrogen-bond acceptors (Lipinski definition) is 3. The fraction of sp³-hybridized carbons (Fsp3) is 0.353. The number of aliphatic imine (C=N–C) groups is 1. The maximum Gasteiger partial charge on any atom is 0.242 e. The topological polar surface area (TPSA) is 21.6 Å². The minimum Gasteiger partial charge on any atom is -0.543 e. The number of hydrogen-bond donors (Lipinski definition) is 0. The lowest BCUT2D eigenvalue weighted by Gasteiger charge is -2.20. The predicted molar refractivity (Wildman–Crippen MR) is 96.1 cm³/mol. The Morgan fingerprint density at radius 2 is 1.95 bits per heavy atom. The second-order valence-electron chi connectivity index (χ2n) is 6.23. The zero-order chi connectivity index (χ0) is 15.5. The van der Waals surface area contributed by atoms with Gasteiger partial charge in [-0.25, -0.2) is 0 Å². The molecular weight excluding hydrogens is 294 g/mol. The Morgan fingerprint density at radius 3 is 2.57 bits per heavy atom. The average Bonchev–Trinajstić information content (AvgIpc) is 2.76. The molecule has 0 N–H and O–H groups in total. The van der Waals surface area contributed by atoms with Crippen molar-refractivity contribution in [3.05, 3.63) is 45.6 Å². The quantitative estimate of drug-likeness (QED) is 0.525. The molecule has 0 saturated heterocycles. The van der Waals surface area contributed by atoms with Gasteiger partial charge in [-0.2, -0.15) is 0 Å². The fourth-order valence-electron chi connectivity index (χ4n) is 1.98. The van der Waals surface area contributed by atoms with Gasteiger partial charge in [-0.15, -0.1) is 11.3 Å². The first-order chi connectivity index (χ1) is 9.85. The van der Waals surface area contributed by atoms with E-state index in [0.717, 1.165) is 17.9 Å². The van der Waals surface area contributed by atoms with Crippen LogP contribution in [0.15, 0.2) is 34.6 Å².